The second kappa shape index (κ2) is 10.4. The Kier molecular flexibility index (Phi) is 7.10. The number of anilines is 2. The van der Waals surface area contributed by atoms with Crippen molar-refractivity contribution in [3.05, 3.63) is 59.9 Å². The average molecular weight is 442 g/mol. The minimum atomic E-state index is -0.651. The second-order valence-corrected chi connectivity index (χ2v) is 7.28. The third-order valence-electron chi connectivity index (χ3n) is 5.08. The van der Waals surface area contributed by atoms with Crippen LogP contribution in [0.5, 0.6) is 11.5 Å². The van der Waals surface area contributed by atoms with Gasteiger partial charge in [-0.25, -0.2) is 0 Å². The highest BCUT2D eigenvalue weighted by Crippen LogP contribution is 2.38. The summed E-state index contributed by atoms with van der Waals surface area (Å²) >= 11 is 0. The molecule has 170 valence electrons. The lowest BCUT2D eigenvalue weighted by atomic mass is 9.92. The number of carbonyl (C=O) groups is 1. The summed E-state index contributed by atoms with van der Waals surface area (Å²) in [6, 6.07) is 12.7. The van der Waals surface area contributed by atoms with E-state index in [1.54, 1.807) is 30.3 Å². The Bertz CT molecular complexity index is 979. The van der Waals surface area contributed by atoms with Gasteiger partial charge >= 0.3 is 0 Å². The number of allylic oxidation sites excluding steroid dienone is 1. The number of rotatable bonds is 9. The maximum absolute atomic E-state index is 12.9. The summed E-state index contributed by atoms with van der Waals surface area (Å²) in [6.07, 6.45) is 1.62. The number of fused-ring (bicyclic) bond motifs is 1. The molecule has 0 aromatic heterocycles. The van der Waals surface area contributed by atoms with Gasteiger partial charge in [0, 0.05) is 12.3 Å². The number of nitrogens with two attached hydrogens (primary N) is 1. The SMILES string of the molecule is Nc1ccccc1NC(=O)C1=C[C@H](c2ccc3c(c2)OCO3)C[C@H](OCCOCCO)O1. The number of ether oxygens (including phenoxy) is 5. The maximum atomic E-state index is 12.9. The maximum Gasteiger partial charge on any atom is 0.290 e. The van der Waals surface area contributed by atoms with Crippen molar-refractivity contribution in [3.8, 4) is 11.5 Å². The van der Waals surface area contributed by atoms with Crippen molar-refractivity contribution in [2.45, 2.75) is 18.6 Å². The minimum Gasteiger partial charge on any atom is -0.459 e. The van der Waals surface area contributed by atoms with Crippen LogP contribution in [0.3, 0.4) is 0 Å². The van der Waals surface area contributed by atoms with E-state index in [1.165, 1.54) is 0 Å². The molecule has 0 spiro atoms. The molecule has 4 N–H and O–H groups in total. The van der Waals surface area contributed by atoms with Crippen LogP contribution in [0, 0.1) is 0 Å². The first-order chi connectivity index (χ1) is 15.6. The van der Waals surface area contributed by atoms with Crippen LogP contribution < -0.4 is 20.5 Å². The predicted octanol–water partition coefficient (Wildman–Crippen LogP) is 2.38. The van der Waals surface area contributed by atoms with Gasteiger partial charge < -0.3 is 39.8 Å². The largest absolute Gasteiger partial charge is 0.459 e. The highest BCUT2D eigenvalue weighted by molar-refractivity contribution is 6.04. The summed E-state index contributed by atoms with van der Waals surface area (Å²) in [4.78, 5) is 12.9. The fourth-order valence-corrected chi connectivity index (χ4v) is 3.49. The molecule has 2 atom stereocenters. The first kappa shape index (κ1) is 21.9. The third kappa shape index (κ3) is 5.31. The van der Waals surface area contributed by atoms with Gasteiger partial charge in [-0.1, -0.05) is 18.2 Å². The van der Waals surface area contributed by atoms with Crippen LogP contribution in [-0.2, 0) is 19.0 Å². The number of aliphatic hydroxyl groups is 1. The molecule has 2 aromatic rings. The smallest absolute Gasteiger partial charge is 0.290 e. The molecular formula is C23H26N2O7. The molecule has 0 saturated carbocycles. The van der Waals surface area contributed by atoms with E-state index in [4.69, 9.17) is 34.5 Å². The molecular weight excluding hydrogens is 416 g/mol. The van der Waals surface area contributed by atoms with Gasteiger partial charge in [-0.15, -0.1) is 0 Å². The molecule has 2 aliphatic rings. The Morgan fingerprint density at radius 1 is 1.12 bits per heavy atom. The summed E-state index contributed by atoms with van der Waals surface area (Å²) in [7, 11) is 0. The van der Waals surface area contributed by atoms with Gasteiger partial charge in [-0.05, 0) is 35.9 Å². The van der Waals surface area contributed by atoms with Crippen molar-refractivity contribution in [2.24, 2.45) is 0 Å². The van der Waals surface area contributed by atoms with Crippen molar-refractivity contribution in [3.63, 3.8) is 0 Å². The number of para-hydroxylation sites is 2. The summed E-state index contributed by atoms with van der Waals surface area (Å²) in [5, 5.41) is 11.6. The van der Waals surface area contributed by atoms with Gasteiger partial charge in [-0.2, -0.15) is 0 Å². The van der Waals surface area contributed by atoms with E-state index >= 15 is 0 Å². The Balaban J connectivity index is 1.51. The van der Waals surface area contributed by atoms with E-state index in [-0.39, 0.29) is 38.3 Å². The van der Waals surface area contributed by atoms with Crippen molar-refractivity contribution < 1.29 is 33.6 Å². The normalized spacial score (nSPS) is 19.2. The van der Waals surface area contributed by atoms with Gasteiger partial charge in [0.2, 0.25) is 13.1 Å². The van der Waals surface area contributed by atoms with Crippen LogP contribution in [0.4, 0.5) is 11.4 Å². The van der Waals surface area contributed by atoms with Crippen LogP contribution in [-0.4, -0.2) is 50.5 Å². The monoisotopic (exact) mass is 442 g/mol. The fourth-order valence-electron chi connectivity index (χ4n) is 3.49. The van der Waals surface area contributed by atoms with Crippen molar-refractivity contribution >= 4 is 17.3 Å². The van der Waals surface area contributed by atoms with E-state index in [0.29, 0.717) is 35.9 Å². The van der Waals surface area contributed by atoms with Gasteiger partial charge in [0.1, 0.15) is 0 Å². The molecule has 4 rings (SSSR count). The molecule has 0 bridgehead atoms. The van der Waals surface area contributed by atoms with E-state index in [9.17, 15) is 4.79 Å². The fraction of sp³-hybridized carbons (Fsp3) is 0.348. The lowest BCUT2D eigenvalue weighted by Crippen LogP contribution is -2.30. The predicted molar refractivity (Wildman–Crippen MR) is 116 cm³/mol. The van der Waals surface area contributed by atoms with Gasteiger partial charge in [-0.3, -0.25) is 4.79 Å². The molecule has 0 fully saturated rings. The van der Waals surface area contributed by atoms with Crippen LogP contribution in [0.25, 0.3) is 0 Å². The van der Waals surface area contributed by atoms with Crippen LogP contribution in [0.1, 0.15) is 17.9 Å². The number of benzene rings is 2. The molecule has 0 radical (unpaired) electrons. The Morgan fingerprint density at radius 2 is 1.97 bits per heavy atom. The molecule has 0 saturated heterocycles. The zero-order valence-corrected chi connectivity index (χ0v) is 17.5. The number of hydrogen-bond acceptors (Lipinski definition) is 8. The van der Waals surface area contributed by atoms with Crippen LogP contribution in [0.15, 0.2) is 54.3 Å². The Morgan fingerprint density at radius 3 is 2.81 bits per heavy atom. The van der Waals surface area contributed by atoms with Crippen molar-refractivity contribution in [1.82, 2.24) is 0 Å². The molecule has 9 nitrogen and oxygen atoms in total. The molecule has 2 heterocycles. The summed E-state index contributed by atoms with van der Waals surface area (Å²) in [5.74, 6) is 0.939. The number of nitrogens with one attached hydrogen (secondary N) is 1. The molecule has 2 aromatic carbocycles. The number of nitrogen functional groups attached to an aromatic ring is 1. The summed E-state index contributed by atoms with van der Waals surface area (Å²) < 4.78 is 27.7. The lowest BCUT2D eigenvalue weighted by Gasteiger charge is -2.29. The standard InChI is InChI=1S/C23H26N2O7/c24-17-3-1-2-4-18(17)25-23(27)21-12-16(13-22(32-21)29-10-9-28-8-7-26)15-5-6-19-20(11-15)31-14-30-19/h1-6,11-12,16,22,26H,7-10,13-14,24H2,(H,25,27)/t16-,22+/m0/s1. The van der Waals surface area contributed by atoms with Gasteiger partial charge in [0.15, 0.2) is 17.3 Å². The zero-order valence-electron chi connectivity index (χ0n) is 17.5. The molecule has 0 unspecified atom stereocenters. The molecule has 0 aliphatic carbocycles. The van der Waals surface area contributed by atoms with Crippen molar-refractivity contribution in [1.29, 1.82) is 0 Å². The van der Waals surface area contributed by atoms with Gasteiger partial charge in [0.05, 0.1) is 37.8 Å². The van der Waals surface area contributed by atoms with Gasteiger partial charge in [0.25, 0.3) is 5.91 Å². The topological polar surface area (TPSA) is 122 Å². The van der Waals surface area contributed by atoms with E-state index < -0.39 is 12.2 Å². The Hall–Kier alpha value is -3.27. The number of carbonyl (C=O) groups excluding carboxylic acids is 1. The van der Waals surface area contributed by atoms with Crippen LogP contribution >= 0.6 is 0 Å². The Labute approximate surface area is 185 Å². The average Bonchev–Trinajstić information content (AvgIpc) is 3.28. The molecule has 32 heavy (non-hydrogen) atoms. The first-order valence-electron chi connectivity index (χ1n) is 10.4. The third-order valence-corrected chi connectivity index (χ3v) is 5.08. The van der Waals surface area contributed by atoms with Crippen LogP contribution in [0.2, 0.25) is 0 Å². The highest BCUT2D eigenvalue weighted by Gasteiger charge is 2.30. The molecule has 1 amide bonds. The lowest BCUT2D eigenvalue weighted by molar-refractivity contribution is -0.148. The number of hydrogen-bond donors (Lipinski definition) is 3. The number of amides is 1. The minimum absolute atomic E-state index is 0.0538. The van der Waals surface area contributed by atoms with Crippen molar-refractivity contribution in [2.75, 3.05) is 44.3 Å². The van der Waals surface area contributed by atoms with E-state index in [0.717, 1.165) is 5.56 Å². The molecule has 9 heteroatoms. The summed E-state index contributed by atoms with van der Waals surface area (Å²) in [6.45, 7) is 0.941. The van der Waals surface area contributed by atoms with E-state index in [2.05, 4.69) is 5.32 Å². The highest BCUT2D eigenvalue weighted by atomic mass is 16.7. The quantitative estimate of drug-likeness (QED) is 0.400. The molecule has 2 aliphatic heterocycles. The van der Waals surface area contributed by atoms with E-state index in [1.807, 2.05) is 18.2 Å². The number of aliphatic hydroxyl groups excluding tert-OH is 1. The summed E-state index contributed by atoms with van der Waals surface area (Å²) in [5.41, 5.74) is 7.85. The second-order valence-electron chi connectivity index (χ2n) is 7.28. The first-order valence-corrected chi connectivity index (χ1v) is 10.4. The zero-order chi connectivity index (χ0) is 22.3.